The van der Waals surface area contributed by atoms with Crippen LogP contribution in [0.1, 0.15) is 5.56 Å². The van der Waals surface area contributed by atoms with Gasteiger partial charge in [0, 0.05) is 0 Å². The minimum absolute atomic E-state index is 0.102. The molecule has 1 aromatic heterocycles. The highest BCUT2D eigenvalue weighted by atomic mass is 79.9. The molecule has 0 radical (unpaired) electrons. The number of hydrogen-bond acceptors (Lipinski definition) is 5. The average Bonchev–Trinajstić information content (AvgIpc) is 2.69. The van der Waals surface area contributed by atoms with Gasteiger partial charge in [-0.25, -0.2) is 4.98 Å². The highest BCUT2D eigenvalue weighted by Crippen LogP contribution is 2.26. The Kier molecular flexibility index (Phi) is 3.83. The number of halogens is 1. The van der Waals surface area contributed by atoms with Gasteiger partial charge in [-0.2, -0.15) is 0 Å². The summed E-state index contributed by atoms with van der Waals surface area (Å²) in [5.41, 5.74) is 0.610. The first-order valence-corrected chi connectivity index (χ1v) is 6.57. The molecule has 1 heterocycles. The molecular weight excluding hydrogens is 320 g/mol. The Bertz CT molecular complexity index is 585. The van der Waals surface area contributed by atoms with E-state index in [1.165, 1.54) is 23.5 Å². The molecule has 0 atom stereocenters. The van der Waals surface area contributed by atoms with E-state index in [0.29, 0.717) is 10.7 Å². The van der Waals surface area contributed by atoms with E-state index in [0.717, 1.165) is 3.79 Å². The SMILES string of the molecule is O=C(Cc1ccc(O)c(O)c1)Nc1ncc(Br)s1. The number of carbonyl (C=O) groups excluding carboxylic acids is 1. The molecule has 0 aliphatic carbocycles. The van der Waals surface area contributed by atoms with E-state index >= 15 is 0 Å². The molecule has 2 aromatic rings. The van der Waals surface area contributed by atoms with Gasteiger partial charge < -0.3 is 15.5 Å². The standard InChI is InChI=1S/C11H9BrN2O3S/c12-9-5-13-11(18-9)14-10(17)4-6-1-2-7(15)8(16)3-6/h1-3,5,15-16H,4H2,(H,13,14,17). The van der Waals surface area contributed by atoms with E-state index < -0.39 is 0 Å². The summed E-state index contributed by atoms with van der Waals surface area (Å²) < 4.78 is 0.833. The van der Waals surface area contributed by atoms with E-state index in [2.05, 4.69) is 26.2 Å². The molecule has 0 unspecified atom stereocenters. The highest BCUT2D eigenvalue weighted by molar-refractivity contribution is 9.11. The van der Waals surface area contributed by atoms with Crippen LogP contribution in [-0.4, -0.2) is 21.1 Å². The van der Waals surface area contributed by atoms with Crippen molar-refractivity contribution < 1.29 is 15.0 Å². The molecule has 0 aliphatic heterocycles. The summed E-state index contributed by atoms with van der Waals surface area (Å²) >= 11 is 4.57. The molecule has 1 aromatic carbocycles. The lowest BCUT2D eigenvalue weighted by Crippen LogP contribution is -2.14. The third-order valence-electron chi connectivity index (χ3n) is 2.13. The van der Waals surface area contributed by atoms with Gasteiger partial charge in [-0.1, -0.05) is 17.4 Å². The topological polar surface area (TPSA) is 82.5 Å². The Morgan fingerprint density at radius 2 is 2.17 bits per heavy atom. The summed E-state index contributed by atoms with van der Waals surface area (Å²) in [5.74, 6) is -0.678. The second-order valence-electron chi connectivity index (χ2n) is 3.52. The Labute approximate surface area is 115 Å². The molecule has 0 spiro atoms. The van der Waals surface area contributed by atoms with E-state index in [1.54, 1.807) is 12.3 Å². The Hall–Kier alpha value is -1.60. The van der Waals surface area contributed by atoms with Gasteiger partial charge in [0.25, 0.3) is 0 Å². The summed E-state index contributed by atoms with van der Waals surface area (Å²) in [6.45, 7) is 0. The summed E-state index contributed by atoms with van der Waals surface area (Å²) in [6, 6.07) is 4.27. The van der Waals surface area contributed by atoms with Crippen LogP contribution in [0.25, 0.3) is 0 Å². The normalized spacial score (nSPS) is 10.3. The summed E-state index contributed by atoms with van der Waals surface area (Å²) in [4.78, 5) is 15.7. The summed E-state index contributed by atoms with van der Waals surface area (Å²) in [7, 11) is 0. The first kappa shape index (κ1) is 12.8. The lowest BCUT2D eigenvalue weighted by Gasteiger charge is -2.03. The molecule has 0 saturated carbocycles. The summed E-state index contributed by atoms with van der Waals surface area (Å²) in [6.07, 6.45) is 1.71. The number of aromatic nitrogens is 1. The Balaban J connectivity index is 2.00. The molecule has 7 heteroatoms. The molecule has 2 rings (SSSR count). The lowest BCUT2D eigenvalue weighted by molar-refractivity contribution is -0.115. The molecule has 0 saturated heterocycles. The van der Waals surface area contributed by atoms with Crippen molar-refractivity contribution in [2.24, 2.45) is 0 Å². The zero-order chi connectivity index (χ0) is 13.1. The zero-order valence-corrected chi connectivity index (χ0v) is 11.5. The van der Waals surface area contributed by atoms with Crippen molar-refractivity contribution in [1.29, 1.82) is 0 Å². The van der Waals surface area contributed by atoms with Gasteiger partial charge in [-0.15, -0.1) is 0 Å². The number of carbonyl (C=O) groups is 1. The number of amides is 1. The van der Waals surface area contributed by atoms with Crippen LogP contribution in [0.5, 0.6) is 11.5 Å². The van der Waals surface area contributed by atoms with Crippen LogP contribution in [0.15, 0.2) is 28.2 Å². The van der Waals surface area contributed by atoms with Gasteiger partial charge >= 0.3 is 0 Å². The number of phenols is 2. The second kappa shape index (κ2) is 5.36. The van der Waals surface area contributed by atoms with Crippen molar-refractivity contribution in [3.8, 4) is 11.5 Å². The van der Waals surface area contributed by atoms with E-state index in [-0.39, 0.29) is 23.8 Å². The fourth-order valence-electron chi connectivity index (χ4n) is 1.34. The zero-order valence-electron chi connectivity index (χ0n) is 9.05. The van der Waals surface area contributed by atoms with Gasteiger partial charge in [0.2, 0.25) is 5.91 Å². The van der Waals surface area contributed by atoms with Crippen LogP contribution in [0.2, 0.25) is 0 Å². The van der Waals surface area contributed by atoms with Gasteiger partial charge in [0.15, 0.2) is 16.6 Å². The minimum atomic E-state index is -0.239. The monoisotopic (exact) mass is 328 g/mol. The number of aromatic hydroxyl groups is 2. The third-order valence-corrected chi connectivity index (χ3v) is 3.52. The van der Waals surface area contributed by atoms with Crippen LogP contribution < -0.4 is 5.32 Å². The first-order chi connectivity index (χ1) is 8.54. The average molecular weight is 329 g/mol. The number of thiazole rings is 1. The predicted octanol–water partition coefficient (Wildman–Crippen LogP) is 2.50. The molecular formula is C11H9BrN2O3S. The molecule has 1 amide bonds. The van der Waals surface area contributed by atoms with Crippen LogP contribution in [0.4, 0.5) is 5.13 Å². The lowest BCUT2D eigenvalue weighted by atomic mass is 10.1. The minimum Gasteiger partial charge on any atom is -0.504 e. The molecule has 0 fully saturated rings. The van der Waals surface area contributed by atoms with Crippen molar-refractivity contribution >= 4 is 38.3 Å². The fourth-order valence-corrected chi connectivity index (χ4v) is 2.46. The van der Waals surface area contributed by atoms with Crippen LogP contribution in [0, 0.1) is 0 Å². The first-order valence-electron chi connectivity index (χ1n) is 4.96. The number of anilines is 1. The number of rotatable bonds is 3. The molecule has 5 nitrogen and oxygen atoms in total. The predicted molar refractivity (Wildman–Crippen MR) is 71.9 cm³/mol. The van der Waals surface area contributed by atoms with Crippen molar-refractivity contribution in [3.63, 3.8) is 0 Å². The van der Waals surface area contributed by atoms with Gasteiger partial charge in [0.05, 0.1) is 16.4 Å². The largest absolute Gasteiger partial charge is 0.504 e. The molecule has 3 N–H and O–H groups in total. The van der Waals surface area contributed by atoms with Crippen LogP contribution >= 0.6 is 27.3 Å². The van der Waals surface area contributed by atoms with Crippen LogP contribution in [-0.2, 0) is 11.2 Å². The number of benzene rings is 1. The fraction of sp³-hybridized carbons (Fsp3) is 0.0909. The quantitative estimate of drug-likeness (QED) is 0.756. The Morgan fingerprint density at radius 1 is 1.39 bits per heavy atom. The number of phenolic OH excluding ortho intramolecular Hbond substituents is 2. The maximum absolute atomic E-state index is 11.7. The third kappa shape index (κ3) is 3.21. The van der Waals surface area contributed by atoms with Crippen molar-refractivity contribution in [2.45, 2.75) is 6.42 Å². The molecule has 18 heavy (non-hydrogen) atoms. The molecule has 94 valence electrons. The Morgan fingerprint density at radius 3 is 2.78 bits per heavy atom. The van der Waals surface area contributed by atoms with Gasteiger partial charge in [-0.3, -0.25) is 4.79 Å². The van der Waals surface area contributed by atoms with Gasteiger partial charge in [-0.05, 0) is 33.6 Å². The van der Waals surface area contributed by atoms with Crippen molar-refractivity contribution in [1.82, 2.24) is 4.98 Å². The number of nitrogens with one attached hydrogen (secondary N) is 1. The van der Waals surface area contributed by atoms with Crippen molar-refractivity contribution in [2.75, 3.05) is 5.32 Å². The van der Waals surface area contributed by atoms with E-state index in [1.807, 2.05) is 0 Å². The highest BCUT2D eigenvalue weighted by Gasteiger charge is 2.08. The van der Waals surface area contributed by atoms with Gasteiger partial charge in [0.1, 0.15) is 0 Å². The second-order valence-corrected chi connectivity index (χ2v) is 5.93. The number of nitrogens with zero attached hydrogens (tertiary/aromatic N) is 1. The maximum Gasteiger partial charge on any atom is 0.230 e. The van der Waals surface area contributed by atoms with E-state index in [4.69, 9.17) is 5.11 Å². The molecule has 0 aliphatic rings. The van der Waals surface area contributed by atoms with Crippen molar-refractivity contribution in [3.05, 3.63) is 33.7 Å². The summed E-state index contributed by atoms with van der Waals surface area (Å²) in [5, 5.41) is 21.6. The van der Waals surface area contributed by atoms with E-state index in [9.17, 15) is 9.90 Å². The maximum atomic E-state index is 11.7. The molecule has 0 bridgehead atoms. The van der Waals surface area contributed by atoms with Crippen LogP contribution in [0.3, 0.4) is 0 Å². The number of hydrogen-bond donors (Lipinski definition) is 3. The smallest absolute Gasteiger partial charge is 0.230 e.